The van der Waals surface area contributed by atoms with Gasteiger partial charge in [0.15, 0.2) is 0 Å². The fourth-order valence-corrected chi connectivity index (χ4v) is 2.83. The monoisotopic (exact) mass is 272 g/mol. The number of carbonyl (C=O) groups is 2. The third kappa shape index (κ3) is 2.96. The van der Waals surface area contributed by atoms with Crippen LogP contribution in [0.3, 0.4) is 0 Å². The maximum Gasteiger partial charge on any atom is 0.356 e. The molecule has 0 N–H and O–H groups in total. The lowest BCUT2D eigenvalue weighted by molar-refractivity contribution is -0.177. The summed E-state index contributed by atoms with van der Waals surface area (Å²) in [6, 6.07) is 0. The van der Waals surface area contributed by atoms with E-state index in [-0.39, 0.29) is 5.92 Å². The number of rotatable bonds is 5. The van der Waals surface area contributed by atoms with Crippen LogP contribution in [0.25, 0.3) is 0 Å². The van der Waals surface area contributed by atoms with E-state index < -0.39 is 23.5 Å². The number of ether oxygens (including phenoxy) is 2. The number of allylic oxidation sites excluding steroid dienone is 1. The molecule has 0 aliphatic heterocycles. The summed E-state index contributed by atoms with van der Waals surface area (Å²) in [6.45, 7) is 3.58. The molecule has 5 heteroatoms. The predicted octanol–water partition coefficient (Wildman–Crippen LogP) is 2.42. The van der Waals surface area contributed by atoms with Crippen molar-refractivity contribution < 1.29 is 23.5 Å². The Hall–Kier alpha value is -1.39. The fraction of sp³-hybridized carbons (Fsp3) is 0.714. The number of halogens is 1. The van der Waals surface area contributed by atoms with E-state index in [9.17, 15) is 9.59 Å². The Morgan fingerprint density at radius 3 is 2.05 bits per heavy atom. The number of methoxy groups -OCH3 is 2. The lowest BCUT2D eigenvalue weighted by Crippen LogP contribution is -2.52. The molecule has 0 saturated heterocycles. The summed E-state index contributed by atoms with van der Waals surface area (Å²) in [7, 11) is 2.11. The molecule has 0 unspecified atom stereocenters. The molecule has 19 heavy (non-hydrogen) atoms. The second kappa shape index (κ2) is 6.68. The van der Waals surface area contributed by atoms with Crippen molar-refractivity contribution in [3.8, 4) is 0 Å². The van der Waals surface area contributed by atoms with Gasteiger partial charge in [-0.25, -0.2) is 14.0 Å². The molecule has 0 amide bonds. The maximum atomic E-state index is 15.0. The Labute approximate surface area is 113 Å². The largest absolute Gasteiger partial charge is 0.466 e. The Morgan fingerprint density at radius 2 is 1.68 bits per heavy atom. The Morgan fingerprint density at radius 1 is 1.21 bits per heavy atom. The minimum Gasteiger partial charge on any atom is -0.466 e. The van der Waals surface area contributed by atoms with Crippen molar-refractivity contribution in [2.24, 2.45) is 11.8 Å². The van der Waals surface area contributed by atoms with Gasteiger partial charge in [0.05, 0.1) is 14.2 Å². The summed E-state index contributed by atoms with van der Waals surface area (Å²) >= 11 is 0. The van der Waals surface area contributed by atoms with Gasteiger partial charge >= 0.3 is 17.6 Å². The lowest BCUT2D eigenvalue weighted by atomic mass is 9.72. The van der Waals surface area contributed by atoms with Gasteiger partial charge in [0.25, 0.3) is 0 Å². The van der Waals surface area contributed by atoms with E-state index in [2.05, 4.69) is 16.1 Å². The molecule has 1 aliphatic carbocycles. The summed E-state index contributed by atoms with van der Waals surface area (Å²) < 4.78 is 23.9. The highest BCUT2D eigenvalue weighted by atomic mass is 19.1. The smallest absolute Gasteiger partial charge is 0.356 e. The van der Waals surface area contributed by atoms with Crippen LogP contribution >= 0.6 is 0 Å². The van der Waals surface area contributed by atoms with Crippen molar-refractivity contribution in [1.29, 1.82) is 0 Å². The number of carbonyl (C=O) groups excluding carboxylic acids is 2. The van der Waals surface area contributed by atoms with Gasteiger partial charge in [-0.2, -0.15) is 0 Å². The maximum absolute atomic E-state index is 15.0. The molecular formula is C14H21FO4. The van der Waals surface area contributed by atoms with Gasteiger partial charge in [-0.15, -0.1) is 6.58 Å². The molecule has 1 aliphatic rings. The van der Waals surface area contributed by atoms with Gasteiger partial charge in [0, 0.05) is 5.92 Å². The lowest BCUT2D eigenvalue weighted by Gasteiger charge is -2.34. The minimum absolute atomic E-state index is 0.0885. The van der Waals surface area contributed by atoms with Crippen LogP contribution in [0.1, 0.15) is 32.1 Å². The minimum atomic E-state index is -2.80. The molecule has 4 nitrogen and oxygen atoms in total. The van der Waals surface area contributed by atoms with E-state index in [0.29, 0.717) is 0 Å². The fourth-order valence-electron chi connectivity index (χ4n) is 2.83. The summed E-state index contributed by atoms with van der Waals surface area (Å²) in [5.41, 5.74) is -2.80. The SMILES string of the molecule is C=C[C@@H](C1CCCCC1)C(F)(C(=O)OC)C(=O)OC. The molecule has 1 fully saturated rings. The normalized spacial score (nSPS) is 18.5. The second-order valence-electron chi connectivity index (χ2n) is 4.85. The van der Waals surface area contributed by atoms with Gasteiger partial charge in [-0.3, -0.25) is 0 Å². The molecule has 1 atom stereocenters. The topological polar surface area (TPSA) is 52.6 Å². The van der Waals surface area contributed by atoms with Crippen LogP contribution in [0, 0.1) is 11.8 Å². The zero-order chi connectivity index (χ0) is 14.5. The van der Waals surface area contributed by atoms with Crippen LogP contribution < -0.4 is 0 Å². The summed E-state index contributed by atoms with van der Waals surface area (Å²) in [5, 5.41) is 0. The highest BCUT2D eigenvalue weighted by Gasteiger charge is 2.56. The molecule has 108 valence electrons. The Balaban J connectivity index is 3.08. The zero-order valence-electron chi connectivity index (χ0n) is 11.5. The van der Waals surface area contributed by atoms with Crippen LogP contribution in [-0.2, 0) is 19.1 Å². The van der Waals surface area contributed by atoms with E-state index in [0.717, 1.165) is 46.3 Å². The second-order valence-corrected chi connectivity index (χ2v) is 4.85. The van der Waals surface area contributed by atoms with Crippen molar-refractivity contribution >= 4 is 11.9 Å². The van der Waals surface area contributed by atoms with E-state index in [1.807, 2.05) is 0 Å². The van der Waals surface area contributed by atoms with Crippen molar-refractivity contribution in [1.82, 2.24) is 0 Å². The van der Waals surface area contributed by atoms with Crippen LogP contribution in [0.4, 0.5) is 4.39 Å². The van der Waals surface area contributed by atoms with Gasteiger partial charge in [0.1, 0.15) is 0 Å². The molecule has 0 aromatic rings. The van der Waals surface area contributed by atoms with Crippen molar-refractivity contribution in [2.75, 3.05) is 14.2 Å². The van der Waals surface area contributed by atoms with E-state index >= 15 is 4.39 Å². The molecule has 0 heterocycles. The number of esters is 2. The number of hydrogen-bond acceptors (Lipinski definition) is 4. The van der Waals surface area contributed by atoms with Crippen molar-refractivity contribution in [2.45, 2.75) is 37.8 Å². The van der Waals surface area contributed by atoms with Crippen LogP contribution in [0.2, 0.25) is 0 Å². The first-order valence-corrected chi connectivity index (χ1v) is 6.50. The quantitative estimate of drug-likeness (QED) is 0.438. The van der Waals surface area contributed by atoms with E-state index in [1.54, 1.807) is 0 Å². The summed E-state index contributed by atoms with van der Waals surface area (Å²) in [4.78, 5) is 23.5. The summed E-state index contributed by atoms with van der Waals surface area (Å²) in [5.74, 6) is -3.42. The molecule has 0 radical (unpaired) electrons. The van der Waals surface area contributed by atoms with Crippen molar-refractivity contribution in [3.05, 3.63) is 12.7 Å². The number of hydrogen-bond donors (Lipinski definition) is 0. The van der Waals surface area contributed by atoms with Crippen LogP contribution in [0.15, 0.2) is 12.7 Å². The van der Waals surface area contributed by atoms with Gasteiger partial charge in [0.2, 0.25) is 0 Å². The molecule has 0 aromatic carbocycles. The summed E-state index contributed by atoms with van der Waals surface area (Å²) in [6.07, 6.45) is 5.91. The first kappa shape index (κ1) is 15.7. The third-order valence-corrected chi connectivity index (χ3v) is 3.84. The molecule has 0 spiro atoms. The average molecular weight is 272 g/mol. The first-order chi connectivity index (χ1) is 9.02. The molecular weight excluding hydrogens is 251 g/mol. The number of alkyl halides is 1. The third-order valence-electron chi connectivity index (χ3n) is 3.84. The predicted molar refractivity (Wildman–Crippen MR) is 68.1 cm³/mol. The zero-order valence-corrected chi connectivity index (χ0v) is 11.5. The van der Waals surface area contributed by atoms with Crippen LogP contribution in [-0.4, -0.2) is 31.8 Å². The molecule has 1 saturated carbocycles. The highest BCUT2D eigenvalue weighted by Crippen LogP contribution is 2.39. The van der Waals surface area contributed by atoms with E-state index in [1.165, 1.54) is 6.08 Å². The molecule has 0 bridgehead atoms. The Kier molecular flexibility index (Phi) is 5.51. The molecule has 1 rings (SSSR count). The van der Waals surface area contributed by atoms with Crippen LogP contribution in [0.5, 0.6) is 0 Å². The first-order valence-electron chi connectivity index (χ1n) is 6.50. The molecule has 0 aromatic heterocycles. The van der Waals surface area contributed by atoms with Gasteiger partial charge < -0.3 is 9.47 Å². The van der Waals surface area contributed by atoms with E-state index in [4.69, 9.17) is 0 Å². The highest BCUT2D eigenvalue weighted by molar-refractivity contribution is 6.04. The standard InChI is InChI=1S/C14H21FO4/c1-4-11(10-8-6-5-7-9-10)14(15,12(16)18-2)13(17)19-3/h4,10-11H,1,5-9H2,2-3H3/t11-/m0/s1. The van der Waals surface area contributed by atoms with Crippen molar-refractivity contribution in [3.63, 3.8) is 0 Å². The van der Waals surface area contributed by atoms with Gasteiger partial charge in [-0.05, 0) is 18.8 Å². The Bertz CT molecular complexity index is 331. The van der Waals surface area contributed by atoms with Gasteiger partial charge in [-0.1, -0.05) is 25.3 Å². The average Bonchev–Trinajstić information content (AvgIpc) is 2.46.